The molecule has 3 aromatic rings. The quantitative estimate of drug-likeness (QED) is 0.780. The first-order chi connectivity index (χ1) is 11.7. The molecule has 2 N–H and O–H groups in total. The van der Waals surface area contributed by atoms with E-state index in [0.717, 1.165) is 22.6 Å². The van der Waals surface area contributed by atoms with E-state index in [2.05, 4.69) is 9.97 Å². The summed E-state index contributed by atoms with van der Waals surface area (Å²) in [5.74, 6) is 1.81. The molecule has 0 atom stereocenters. The molecule has 5 nitrogen and oxygen atoms in total. The number of ether oxygens (including phenoxy) is 2. The largest absolute Gasteiger partial charge is 0.497 e. The third-order valence-electron chi connectivity index (χ3n) is 3.78. The molecule has 0 radical (unpaired) electrons. The van der Waals surface area contributed by atoms with E-state index >= 15 is 0 Å². The van der Waals surface area contributed by atoms with Gasteiger partial charge in [0.05, 0.1) is 31.8 Å². The monoisotopic (exact) mass is 321 g/mol. The second-order valence-corrected chi connectivity index (χ2v) is 5.32. The van der Waals surface area contributed by atoms with E-state index in [1.807, 2.05) is 48.5 Å². The van der Waals surface area contributed by atoms with Crippen LogP contribution in [0.25, 0.3) is 11.3 Å². The van der Waals surface area contributed by atoms with Crippen LogP contribution < -0.4 is 15.2 Å². The highest BCUT2D eigenvalue weighted by Gasteiger charge is 2.12. The third kappa shape index (κ3) is 3.30. The summed E-state index contributed by atoms with van der Waals surface area (Å²) in [5, 5.41) is 0. The smallest absolute Gasteiger partial charge is 0.146 e. The van der Waals surface area contributed by atoms with Crippen LogP contribution in [0.3, 0.4) is 0 Å². The number of nitrogens with zero attached hydrogens (tertiary/aromatic N) is 2. The summed E-state index contributed by atoms with van der Waals surface area (Å²) in [5.41, 5.74) is 9.52. The van der Waals surface area contributed by atoms with Crippen molar-refractivity contribution in [3.63, 3.8) is 0 Å². The fraction of sp³-hybridized carbons (Fsp3) is 0.158. The van der Waals surface area contributed by atoms with E-state index in [4.69, 9.17) is 15.2 Å². The predicted octanol–water partition coefficient (Wildman–Crippen LogP) is 3.33. The Morgan fingerprint density at radius 2 is 1.79 bits per heavy atom. The van der Waals surface area contributed by atoms with Gasteiger partial charge in [-0.2, -0.15) is 0 Å². The van der Waals surface area contributed by atoms with Crippen molar-refractivity contribution in [3.8, 4) is 22.8 Å². The first-order valence-electron chi connectivity index (χ1n) is 7.59. The number of aromatic nitrogens is 2. The standard InChI is InChI=1S/C19H19N3O2/c1-23-14-8-9-15(18(11-14)24-2)17-12-21-16(19(20)22-17)10-13-6-4-3-5-7-13/h3-9,11-12H,10H2,1-2H3,(H2,20,22). The maximum absolute atomic E-state index is 6.12. The van der Waals surface area contributed by atoms with E-state index in [-0.39, 0.29) is 0 Å². The highest BCUT2D eigenvalue weighted by molar-refractivity contribution is 5.69. The summed E-state index contributed by atoms with van der Waals surface area (Å²) in [4.78, 5) is 8.99. The van der Waals surface area contributed by atoms with Crippen LogP contribution >= 0.6 is 0 Å². The fourth-order valence-electron chi connectivity index (χ4n) is 2.49. The van der Waals surface area contributed by atoms with Crippen molar-refractivity contribution >= 4 is 5.82 Å². The van der Waals surface area contributed by atoms with Crippen LogP contribution in [0, 0.1) is 0 Å². The molecule has 0 fully saturated rings. The SMILES string of the molecule is COc1ccc(-c2cnc(Cc3ccccc3)c(N)n2)c(OC)c1. The molecule has 0 saturated heterocycles. The van der Waals surface area contributed by atoms with Crippen molar-refractivity contribution < 1.29 is 9.47 Å². The molecule has 122 valence electrons. The zero-order valence-corrected chi connectivity index (χ0v) is 13.7. The Hall–Kier alpha value is -3.08. The van der Waals surface area contributed by atoms with Crippen molar-refractivity contribution in [2.75, 3.05) is 20.0 Å². The lowest BCUT2D eigenvalue weighted by molar-refractivity contribution is 0.395. The zero-order valence-electron chi connectivity index (χ0n) is 13.7. The lowest BCUT2D eigenvalue weighted by atomic mass is 10.1. The third-order valence-corrected chi connectivity index (χ3v) is 3.78. The van der Waals surface area contributed by atoms with Gasteiger partial charge in [0.2, 0.25) is 0 Å². The van der Waals surface area contributed by atoms with E-state index in [9.17, 15) is 0 Å². The van der Waals surface area contributed by atoms with Gasteiger partial charge in [0.15, 0.2) is 0 Å². The van der Waals surface area contributed by atoms with Gasteiger partial charge >= 0.3 is 0 Å². The number of methoxy groups -OCH3 is 2. The number of nitrogens with two attached hydrogens (primary N) is 1. The van der Waals surface area contributed by atoms with E-state index < -0.39 is 0 Å². The Bertz CT molecular complexity index is 835. The Morgan fingerprint density at radius 3 is 2.46 bits per heavy atom. The van der Waals surface area contributed by atoms with Gasteiger partial charge in [0, 0.05) is 18.1 Å². The van der Waals surface area contributed by atoms with Gasteiger partial charge in [-0.3, -0.25) is 4.98 Å². The number of anilines is 1. The number of nitrogen functional groups attached to an aromatic ring is 1. The minimum Gasteiger partial charge on any atom is -0.497 e. The molecule has 3 rings (SSSR count). The highest BCUT2D eigenvalue weighted by atomic mass is 16.5. The van der Waals surface area contributed by atoms with Crippen molar-refractivity contribution in [3.05, 3.63) is 66.0 Å². The second kappa shape index (κ2) is 7.00. The van der Waals surface area contributed by atoms with Crippen molar-refractivity contribution in [1.29, 1.82) is 0 Å². The molecule has 24 heavy (non-hydrogen) atoms. The van der Waals surface area contributed by atoms with Gasteiger partial charge in [-0.25, -0.2) is 4.98 Å². The van der Waals surface area contributed by atoms with Crippen LogP contribution in [0.1, 0.15) is 11.3 Å². The van der Waals surface area contributed by atoms with Crippen LogP contribution in [0.5, 0.6) is 11.5 Å². The summed E-state index contributed by atoms with van der Waals surface area (Å²) in [7, 11) is 3.23. The summed E-state index contributed by atoms with van der Waals surface area (Å²) in [6.45, 7) is 0. The molecule has 0 amide bonds. The van der Waals surface area contributed by atoms with Crippen LogP contribution in [0.2, 0.25) is 0 Å². The molecule has 1 aromatic heterocycles. The van der Waals surface area contributed by atoms with E-state index in [0.29, 0.717) is 23.7 Å². The summed E-state index contributed by atoms with van der Waals surface area (Å²) < 4.78 is 10.6. The molecule has 0 aliphatic carbocycles. The highest BCUT2D eigenvalue weighted by Crippen LogP contribution is 2.32. The van der Waals surface area contributed by atoms with E-state index in [1.54, 1.807) is 20.4 Å². The van der Waals surface area contributed by atoms with Gasteiger partial charge in [-0.05, 0) is 17.7 Å². The molecular formula is C19H19N3O2. The molecule has 0 aliphatic heterocycles. The Balaban J connectivity index is 1.92. The zero-order chi connectivity index (χ0) is 16.9. The van der Waals surface area contributed by atoms with Gasteiger partial charge in [-0.15, -0.1) is 0 Å². The molecule has 5 heteroatoms. The molecule has 0 bridgehead atoms. The van der Waals surface area contributed by atoms with Crippen molar-refractivity contribution in [2.24, 2.45) is 0 Å². The van der Waals surface area contributed by atoms with Crippen molar-refractivity contribution in [2.45, 2.75) is 6.42 Å². The molecule has 0 unspecified atom stereocenters. The Morgan fingerprint density at radius 1 is 1.00 bits per heavy atom. The molecule has 0 aliphatic rings. The fourth-order valence-corrected chi connectivity index (χ4v) is 2.49. The number of rotatable bonds is 5. The molecule has 0 saturated carbocycles. The molecular weight excluding hydrogens is 302 g/mol. The average molecular weight is 321 g/mol. The van der Waals surface area contributed by atoms with Gasteiger partial charge in [0.1, 0.15) is 17.3 Å². The normalized spacial score (nSPS) is 10.4. The van der Waals surface area contributed by atoms with E-state index in [1.165, 1.54) is 0 Å². The number of hydrogen-bond acceptors (Lipinski definition) is 5. The molecule has 0 spiro atoms. The minimum absolute atomic E-state index is 0.425. The van der Waals surface area contributed by atoms with Gasteiger partial charge in [0.25, 0.3) is 0 Å². The number of hydrogen-bond donors (Lipinski definition) is 1. The lowest BCUT2D eigenvalue weighted by Crippen LogP contribution is -2.03. The number of benzene rings is 2. The molecule has 2 aromatic carbocycles. The minimum atomic E-state index is 0.425. The first kappa shape index (κ1) is 15.8. The average Bonchev–Trinajstić information content (AvgIpc) is 2.63. The maximum atomic E-state index is 6.12. The topological polar surface area (TPSA) is 70.3 Å². The molecule has 1 heterocycles. The second-order valence-electron chi connectivity index (χ2n) is 5.32. The Labute approximate surface area is 141 Å². The summed E-state index contributed by atoms with van der Waals surface area (Å²) in [6, 6.07) is 15.6. The van der Waals surface area contributed by atoms with Crippen LogP contribution in [-0.2, 0) is 6.42 Å². The van der Waals surface area contributed by atoms with Gasteiger partial charge in [-0.1, -0.05) is 30.3 Å². The van der Waals surface area contributed by atoms with Crippen LogP contribution in [0.4, 0.5) is 5.82 Å². The maximum Gasteiger partial charge on any atom is 0.146 e. The first-order valence-corrected chi connectivity index (χ1v) is 7.59. The van der Waals surface area contributed by atoms with Crippen molar-refractivity contribution in [1.82, 2.24) is 9.97 Å². The van der Waals surface area contributed by atoms with Gasteiger partial charge < -0.3 is 15.2 Å². The van der Waals surface area contributed by atoms with Crippen LogP contribution in [-0.4, -0.2) is 24.2 Å². The predicted molar refractivity (Wildman–Crippen MR) is 94.2 cm³/mol. The summed E-state index contributed by atoms with van der Waals surface area (Å²) >= 11 is 0. The Kier molecular flexibility index (Phi) is 4.61. The lowest BCUT2D eigenvalue weighted by Gasteiger charge is -2.11. The summed E-state index contributed by atoms with van der Waals surface area (Å²) in [6.07, 6.45) is 2.37. The van der Waals surface area contributed by atoms with Crippen LogP contribution in [0.15, 0.2) is 54.7 Å².